The van der Waals surface area contributed by atoms with Crippen molar-refractivity contribution in [2.45, 2.75) is 28.0 Å². The molecule has 1 heterocycles. The molecule has 0 N–H and O–H groups in total. The summed E-state index contributed by atoms with van der Waals surface area (Å²) in [5.41, 5.74) is 3.93. The van der Waals surface area contributed by atoms with E-state index in [0.717, 1.165) is 16.7 Å². The van der Waals surface area contributed by atoms with Crippen LogP contribution in [0.15, 0.2) is 119 Å². The van der Waals surface area contributed by atoms with Gasteiger partial charge in [0, 0.05) is 25.3 Å². The van der Waals surface area contributed by atoms with Gasteiger partial charge in [0.2, 0.25) is 10.0 Å². The maximum atomic E-state index is 13.5. The third-order valence-electron chi connectivity index (χ3n) is 7.09. The van der Waals surface area contributed by atoms with Crippen molar-refractivity contribution in [2.75, 3.05) is 19.3 Å². The lowest BCUT2D eigenvalue weighted by Gasteiger charge is -2.38. The molecule has 0 bridgehead atoms. The number of sulfonamides is 1. The third kappa shape index (κ3) is 5.39. The van der Waals surface area contributed by atoms with Crippen LogP contribution in [-0.2, 0) is 19.9 Å². The lowest BCUT2D eigenvalue weighted by Crippen LogP contribution is -2.42. The first kappa shape index (κ1) is 25.4. The molecule has 0 radical (unpaired) electrons. The molecule has 1 aliphatic rings. The smallest absolute Gasteiger partial charge is 0.224 e. The molecule has 1 saturated heterocycles. The Morgan fingerprint density at radius 1 is 0.622 bits per heavy atom. The molecule has 37 heavy (non-hydrogen) atoms. The molecule has 0 amide bonds. The molecular weight excluding hydrogens is 502 g/mol. The zero-order chi connectivity index (χ0) is 26.0. The summed E-state index contributed by atoms with van der Waals surface area (Å²) >= 11 is 0. The second kappa shape index (κ2) is 10.2. The van der Waals surface area contributed by atoms with Gasteiger partial charge in [0.25, 0.3) is 0 Å². The van der Waals surface area contributed by atoms with E-state index in [-0.39, 0.29) is 16.7 Å². The lowest BCUT2D eigenvalue weighted by atomic mass is 9.77. The summed E-state index contributed by atoms with van der Waals surface area (Å²) in [7, 11) is -6.96. The molecule has 0 saturated carbocycles. The van der Waals surface area contributed by atoms with Gasteiger partial charge in [-0.1, -0.05) is 84.9 Å². The molecule has 2 atom stereocenters. The molecule has 190 valence electrons. The normalized spacial score (nSPS) is 18.9. The zero-order valence-electron chi connectivity index (χ0n) is 20.6. The summed E-state index contributed by atoms with van der Waals surface area (Å²) in [6.07, 6.45) is 1.91. The summed E-state index contributed by atoms with van der Waals surface area (Å²) in [6.45, 7) is 0.813. The van der Waals surface area contributed by atoms with E-state index >= 15 is 0 Å². The molecule has 0 aliphatic carbocycles. The predicted molar refractivity (Wildman–Crippen MR) is 147 cm³/mol. The number of hydrogen-bond acceptors (Lipinski definition) is 4. The minimum atomic E-state index is -3.63. The Bertz CT molecular complexity index is 1600. The number of rotatable bonds is 6. The van der Waals surface area contributed by atoms with Crippen molar-refractivity contribution >= 4 is 19.9 Å². The van der Waals surface area contributed by atoms with Crippen LogP contribution >= 0.6 is 0 Å². The van der Waals surface area contributed by atoms with Crippen molar-refractivity contribution in [3.63, 3.8) is 0 Å². The molecule has 4 aromatic carbocycles. The van der Waals surface area contributed by atoms with E-state index in [1.54, 1.807) is 46.8 Å². The molecular formula is C30H29NO4S2. The van der Waals surface area contributed by atoms with Crippen molar-refractivity contribution in [3.05, 3.63) is 120 Å². The number of sulfone groups is 1. The van der Waals surface area contributed by atoms with Crippen molar-refractivity contribution in [3.8, 4) is 11.1 Å². The van der Waals surface area contributed by atoms with Gasteiger partial charge in [-0.2, -0.15) is 4.31 Å². The summed E-state index contributed by atoms with van der Waals surface area (Å²) in [5, 5.41) is 0. The molecule has 4 aromatic rings. The Kier molecular flexibility index (Phi) is 7.03. The Labute approximate surface area is 219 Å². The summed E-state index contributed by atoms with van der Waals surface area (Å²) < 4.78 is 52.8. The highest BCUT2D eigenvalue weighted by Gasteiger charge is 2.37. The molecule has 5 nitrogen and oxygen atoms in total. The number of benzene rings is 4. The Morgan fingerprint density at radius 2 is 1.19 bits per heavy atom. The van der Waals surface area contributed by atoms with Crippen LogP contribution in [0.1, 0.15) is 29.4 Å². The van der Waals surface area contributed by atoms with Crippen LogP contribution in [0.25, 0.3) is 11.1 Å². The highest BCUT2D eigenvalue weighted by atomic mass is 32.2. The topological polar surface area (TPSA) is 71.5 Å². The van der Waals surface area contributed by atoms with Crippen molar-refractivity contribution in [1.82, 2.24) is 4.31 Å². The Morgan fingerprint density at radius 3 is 1.86 bits per heavy atom. The second-order valence-electron chi connectivity index (χ2n) is 9.51. The molecule has 7 heteroatoms. The van der Waals surface area contributed by atoms with E-state index in [1.165, 1.54) is 11.8 Å². The fourth-order valence-electron chi connectivity index (χ4n) is 5.17. The lowest BCUT2D eigenvalue weighted by molar-refractivity contribution is 0.285. The van der Waals surface area contributed by atoms with Crippen molar-refractivity contribution in [2.24, 2.45) is 0 Å². The van der Waals surface area contributed by atoms with Gasteiger partial charge in [-0.3, -0.25) is 0 Å². The SMILES string of the molecule is CS(=O)(=O)c1cccc(-c2cccc([C@H]3CN(S(=O)(=O)c4ccccc4)CC[C@H]3c3ccccc3)c2)c1. The van der Waals surface area contributed by atoms with E-state index in [2.05, 4.69) is 18.2 Å². The first-order valence-corrected chi connectivity index (χ1v) is 15.6. The van der Waals surface area contributed by atoms with Gasteiger partial charge >= 0.3 is 0 Å². The average Bonchev–Trinajstić information content (AvgIpc) is 2.93. The first-order chi connectivity index (χ1) is 17.7. The first-order valence-electron chi connectivity index (χ1n) is 12.2. The Balaban J connectivity index is 1.55. The number of hydrogen-bond donors (Lipinski definition) is 0. The number of nitrogens with zero attached hydrogens (tertiary/aromatic N) is 1. The number of piperidine rings is 1. The molecule has 5 rings (SSSR count). The van der Waals surface area contributed by atoms with Gasteiger partial charge in [0.15, 0.2) is 9.84 Å². The van der Waals surface area contributed by atoms with Crippen LogP contribution < -0.4 is 0 Å². The van der Waals surface area contributed by atoms with Crippen LogP contribution in [0.2, 0.25) is 0 Å². The van der Waals surface area contributed by atoms with Gasteiger partial charge in [0.05, 0.1) is 9.79 Å². The summed E-state index contributed by atoms with van der Waals surface area (Å²) in [6, 6.07) is 33.8. The monoisotopic (exact) mass is 531 g/mol. The summed E-state index contributed by atoms with van der Waals surface area (Å²) in [5.74, 6) is 0.0914. The van der Waals surface area contributed by atoms with Crippen LogP contribution in [0.5, 0.6) is 0 Å². The molecule has 1 aliphatic heterocycles. The van der Waals surface area contributed by atoms with E-state index in [9.17, 15) is 16.8 Å². The van der Waals surface area contributed by atoms with Crippen LogP contribution in [0.3, 0.4) is 0 Å². The zero-order valence-corrected chi connectivity index (χ0v) is 22.2. The summed E-state index contributed by atoms with van der Waals surface area (Å²) in [4.78, 5) is 0.577. The molecule has 0 unspecified atom stereocenters. The predicted octanol–water partition coefficient (Wildman–Crippen LogP) is 5.72. The highest BCUT2D eigenvalue weighted by Crippen LogP contribution is 2.42. The molecule has 0 spiro atoms. The van der Waals surface area contributed by atoms with Gasteiger partial charge in [-0.05, 0) is 58.9 Å². The van der Waals surface area contributed by atoms with Crippen molar-refractivity contribution < 1.29 is 16.8 Å². The largest absolute Gasteiger partial charge is 0.243 e. The standard InChI is InChI=1S/C30H29NO4S2/c1-36(32,33)28-17-9-13-25(21-28)24-12-8-14-26(20-24)30-22-31(37(34,35)27-15-6-3-7-16-27)19-18-29(30)23-10-4-2-5-11-23/h2-17,20-21,29-30H,18-19,22H2,1H3/t29-,30+/m0/s1. The minimum absolute atomic E-state index is 0.0623. The molecule has 0 aromatic heterocycles. The van der Waals surface area contributed by atoms with Gasteiger partial charge in [-0.25, -0.2) is 16.8 Å². The minimum Gasteiger partial charge on any atom is -0.224 e. The fraction of sp³-hybridized carbons (Fsp3) is 0.200. The van der Waals surface area contributed by atoms with Gasteiger partial charge in [0.1, 0.15) is 0 Å². The fourth-order valence-corrected chi connectivity index (χ4v) is 7.34. The quantitative estimate of drug-likeness (QED) is 0.319. The van der Waals surface area contributed by atoms with Crippen LogP contribution in [0.4, 0.5) is 0 Å². The second-order valence-corrected chi connectivity index (χ2v) is 13.5. The Hall–Kier alpha value is -3.26. The van der Waals surface area contributed by atoms with Crippen LogP contribution in [0, 0.1) is 0 Å². The van der Waals surface area contributed by atoms with E-state index < -0.39 is 19.9 Å². The van der Waals surface area contributed by atoms with Gasteiger partial charge in [-0.15, -0.1) is 0 Å². The van der Waals surface area contributed by atoms with E-state index in [0.29, 0.717) is 24.4 Å². The van der Waals surface area contributed by atoms with Crippen LogP contribution in [-0.4, -0.2) is 40.5 Å². The average molecular weight is 532 g/mol. The van der Waals surface area contributed by atoms with E-state index in [4.69, 9.17) is 0 Å². The van der Waals surface area contributed by atoms with Crippen molar-refractivity contribution in [1.29, 1.82) is 0 Å². The van der Waals surface area contributed by atoms with E-state index in [1.807, 2.05) is 48.5 Å². The van der Waals surface area contributed by atoms with Gasteiger partial charge < -0.3 is 0 Å². The highest BCUT2D eigenvalue weighted by molar-refractivity contribution is 7.90. The third-order valence-corrected chi connectivity index (χ3v) is 10.1. The maximum absolute atomic E-state index is 13.5. The maximum Gasteiger partial charge on any atom is 0.243 e. The molecule has 1 fully saturated rings.